The summed E-state index contributed by atoms with van der Waals surface area (Å²) in [6.07, 6.45) is 0. The van der Waals surface area contributed by atoms with E-state index in [4.69, 9.17) is 4.74 Å². The number of aryl methyl sites for hydroxylation is 1. The lowest BCUT2D eigenvalue weighted by atomic mass is 10.0. The molecule has 3 rings (SSSR count). The van der Waals surface area contributed by atoms with Crippen molar-refractivity contribution >= 4 is 27.3 Å². The van der Waals surface area contributed by atoms with Crippen LogP contribution in [0, 0.1) is 6.92 Å². The van der Waals surface area contributed by atoms with Crippen LogP contribution < -0.4 is 14.8 Å². The van der Waals surface area contributed by atoms with Gasteiger partial charge in [0.15, 0.2) is 0 Å². The second-order valence-corrected chi connectivity index (χ2v) is 9.20. The quantitative estimate of drug-likeness (QED) is 0.532. The summed E-state index contributed by atoms with van der Waals surface area (Å²) in [7, 11) is -2.40. The molecule has 3 aromatic rings. The van der Waals surface area contributed by atoms with Crippen molar-refractivity contribution in [2.75, 3.05) is 17.1 Å². The molecule has 0 bridgehead atoms. The molecule has 0 saturated carbocycles. The summed E-state index contributed by atoms with van der Waals surface area (Å²) < 4.78 is 33.7. The van der Waals surface area contributed by atoms with E-state index >= 15 is 0 Å². The van der Waals surface area contributed by atoms with Gasteiger partial charge < -0.3 is 10.1 Å². The number of benzene rings is 3. The average molecular weight is 439 g/mol. The van der Waals surface area contributed by atoms with Crippen LogP contribution in [0.25, 0.3) is 0 Å². The predicted octanol–water partition coefficient (Wildman–Crippen LogP) is 5.18. The summed E-state index contributed by atoms with van der Waals surface area (Å²) in [6, 6.07) is 18.8. The molecule has 0 saturated heterocycles. The molecular formula is C24H26N2O4S. The Kier molecular flexibility index (Phi) is 6.65. The molecule has 2 N–H and O–H groups in total. The maximum atomic E-state index is 12.9. The number of ether oxygens (including phenoxy) is 1. The maximum absolute atomic E-state index is 12.9. The van der Waals surface area contributed by atoms with E-state index in [-0.39, 0.29) is 16.5 Å². The summed E-state index contributed by atoms with van der Waals surface area (Å²) in [6.45, 7) is 5.98. The largest absolute Gasteiger partial charge is 0.495 e. The third kappa shape index (κ3) is 5.24. The number of anilines is 2. The van der Waals surface area contributed by atoms with Gasteiger partial charge in [-0.1, -0.05) is 44.2 Å². The molecule has 0 fully saturated rings. The molecule has 0 aliphatic rings. The molecule has 0 aliphatic heterocycles. The van der Waals surface area contributed by atoms with Crippen molar-refractivity contribution in [2.45, 2.75) is 31.6 Å². The molecule has 0 atom stereocenters. The highest BCUT2D eigenvalue weighted by Gasteiger charge is 2.19. The van der Waals surface area contributed by atoms with Crippen molar-refractivity contribution in [2.24, 2.45) is 0 Å². The first-order valence-electron chi connectivity index (χ1n) is 9.89. The number of hydrogen-bond donors (Lipinski definition) is 2. The molecule has 162 valence electrons. The topological polar surface area (TPSA) is 84.5 Å². The Hall–Kier alpha value is -3.32. The van der Waals surface area contributed by atoms with E-state index in [0.717, 1.165) is 11.1 Å². The lowest BCUT2D eigenvalue weighted by Gasteiger charge is -2.14. The Morgan fingerprint density at radius 3 is 2.26 bits per heavy atom. The fourth-order valence-electron chi connectivity index (χ4n) is 3.12. The van der Waals surface area contributed by atoms with Crippen LogP contribution in [0.5, 0.6) is 5.75 Å². The van der Waals surface area contributed by atoms with Crippen molar-refractivity contribution in [1.29, 1.82) is 0 Å². The zero-order chi connectivity index (χ0) is 22.6. The Morgan fingerprint density at radius 1 is 0.968 bits per heavy atom. The first kappa shape index (κ1) is 22.4. The van der Waals surface area contributed by atoms with Crippen molar-refractivity contribution in [3.05, 3.63) is 83.4 Å². The van der Waals surface area contributed by atoms with Crippen molar-refractivity contribution in [3.8, 4) is 5.75 Å². The van der Waals surface area contributed by atoms with Crippen LogP contribution in [0.15, 0.2) is 71.6 Å². The van der Waals surface area contributed by atoms with Crippen LogP contribution in [0.3, 0.4) is 0 Å². The Balaban J connectivity index is 1.88. The number of hydrogen-bond acceptors (Lipinski definition) is 4. The smallest absolute Gasteiger partial charge is 0.261 e. The van der Waals surface area contributed by atoms with E-state index in [1.54, 1.807) is 24.3 Å². The normalized spacial score (nSPS) is 11.3. The van der Waals surface area contributed by atoms with E-state index in [1.165, 1.54) is 25.3 Å². The van der Waals surface area contributed by atoms with E-state index in [2.05, 4.69) is 23.9 Å². The standard InChI is InChI=1S/C24H26N2O4S/c1-16(2)18-9-11-19(12-10-18)26-31(28,29)20-13-14-23(30-4)22(15-20)25-24(27)21-8-6-5-7-17(21)3/h5-16,26H,1-4H3,(H,25,27). The Labute approximate surface area is 183 Å². The van der Waals surface area contributed by atoms with Crippen LogP contribution in [0.1, 0.15) is 41.3 Å². The van der Waals surface area contributed by atoms with Gasteiger partial charge in [0.1, 0.15) is 5.75 Å². The summed E-state index contributed by atoms with van der Waals surface area (Å²) in [4.78, 5) is 12.7. The highest BCUT2D eigenvalue weighted by atomic mass is 32.2. The van der Waals surface area contributed by atoms with Gasteiger partial charge in [-0.3, -0.25) is 9.52 Å². The van der Waals surface area contributed by atoms with Crippen LogP contribution in [0.4, 0.5) is 11.4 Å². The van der Waals surface area contributed by atoms with Gasteiger partial charge in [-0.15, -0.1) is 0 Å². The minimum Gasteiger partial charge on any atom is -0.495 e. The molecule has 0 unspecified atom stereocenters. The molecule has 31 heavy (non-hydrogen) atoms. The van der Waals surface area contributed by atoms with Gasteiger partial charge in [-0.05, 0) is 60.4 Å². The van der Waals surface area contributed by atoms with E-state index in [1.807, 2.05) is 31.2 Å². The second kappa shape index (κ2) is 9.22. The van der Waals surface area contributed by atoms with Crippen molar-refractivity contribution in [3.63, 3.8) is 0 Å². The third-order valence-corrected chi connectivity index (χ3v) is 6.33. The Bertz CT molecular complexity index is 1190. The minimum atomic E-state index is -3.86. The third-order valence-electron chi connectivity index (χ3n) is 4.95. The zero-order valence-corrected chi connectivity index (χ0v) is 18.8. The molecule has 7 heteroatoms. The molecule has 6 nitrogen and oxygen atoms in total. The lowest BCUT2D eigenvalue weighted by molar-refractivity contribution is 0.102. The molecular weight excluding hydrogens is 412 g/mol. The SMILES string of the molecule is COc1ccc(S(=O)(=O)Nc2ccc(C(C)C)cc2)cc1NC(=O)c1ccccc1C. The fourth-order valence-corrected chi connectivity index (χ4v) is 4.20. The molecule has 1 amide bonds. The highest BCUT2D eigenvalue weighted by molar-refractivity contribution is 7.92. The van der Waals surface area contributed by atoms with Crippen LogP contribution in [-0.4, -0.2) is 21.4 Å². The number of carbonyl (C=O) groups is 1. The first-order valence-corrected chi connectivity index (χ1v) is 11.4. The number of methoxy groups -OCH3 is 1. The number of amides is 1. The minimum absolute atomic E-state index is 0.0151. The number of sulfonamides is 1. The van der Waals surface area contributed by atoms with Gasteiger partial charge in [0.2, 0.25) is 0 Å². The van der Waals surface area contributed by atoms with E-state index in [0.29, 0.717) is 22.9 Å². The first-order chi connectivity index (χ1) is 14.7. The number of carbonyl (C=O) groups excluding carboxylic acids is 1. The van der Waals surface area contributed by atoms with Crippen LogP contribution in [-0.2, 0) is 10.0 Å². The zero-order valence-electron chi connectivity index (χ0n) is 18.0. The van der Waals surface area contributed by atoms with Gasteiger partial charge in [-0.25, -0.2) is 8.42 Å². The van der Waals surface area contributed by atoms with Gasteiger partial charge in [0, 0.05) is 11.3 Å². The second-order valence-electron chi connectivity index (χ2n) is 7.51. The van der Waals surface area contributed by atoms with Crippen LogP contribution in [0.2, 0.25) is 0 Å². The maximum Gasteiger partial charge on any atom is 0.261 e. The molecule has 0 heterocycles. The monoisotopic (exact) mass is 438 g/mol. The van der Waals surface area contributed by atoms with Gasteiger partial charge in [0.05, 0.1) is 17.7 Å². The lowest BCUT2D eigenvalue weighted by Crippen LogP contribution is -2.16. The Morgan fingerprint density at radius 2 is 1.65 bits per heavy atom. The van der Waals surface area contributed by atoms with Gasteiger partial charge in [0.25, 0.3) is 15.9 Å². The summed E-state index contributed by atoms with van der Waals surface area (Å²) >= 11 is 0. The van der Waals surface area contributed by atoms with E-state index in [9.17, 15) is 13.2 Å². The van der Waals surface area contributed by atoms with Gasteiger partial charge >= 0.3 is 0 Å². The van der Waals surface area contributed by atoms with Crippen molar-refractivity contribution < 1.29 is 17.9 Å². The van der Waals surface area contributed by atoms with Gasteiger partial charge in [-0.2, -0.15) is 0 Å². The number of nitrogens with one attached hydrogen (secondary N) is 2. The fraction of sp³-hybridized carbons (Fsp3) is 0.208. The van der Waals surface area contributed by atoms with Crippen molar-refractivity contribution in [1.82, 2.24) is 0 Å². The highest BCUT2D eigenvalue weighted by Crippen LogP contribution is 2.29. The molecule has 0 radical (unpaired) electrons. The average Bonchev–Trinajstić information content (AvgIpc) is 2.74. The van der Waals surface area contributed by atoms with Crippen LogP contribution >= 0.6 is 0 Å². The summed E-state index contributed by atoms with van der Waals surface area (Å²) in [5, 5.41) is 2.76. The number of rotatable bonds is 7. The summed E-state index contributed by atoms with van der Waals surface area (Å²) in [5.74, 6) is 0.372. The molecule has 3 aromatic carbocycles. The van der Waals surface area contributed by atoms with E-state index < -0.39 is 10.0 Å². The summed E-state index contributed by atoms with van der Waals surface area (Å²) in [5.41, 5.74) is 3.17. The predicted molar refractivity (Wildman–Crippen MR) is 123 cm³/mol. The molecule has 0 aliphatic carbocycles. The molecule has 0 spiro atoms. The molecule has 0 aromatic heterocycles.